The Kier molecular flexibility index (Phi) is 8.35. The molecule has 1 fully saturated rings. The molecule has 3 aliphatic heterocycles. The molecule has 0 spiro atoms. The number of fused-ring (bicyclic) bond motifs is 1. The van der Waals surface area contributed by atoms with Gasteiger partial charge >= 0.3 is 35.5 Å². The van der Waals surface area contributed by atoms with Gasteiger partial charge in [0, 0.05) is 29.4 Å². The Hall–Kier alpha value is -1.77. The van der Waals surface area contributed by atoms with Crippen LogP contribution in [-0.4, -0.2) is 63.2 Å². The second kappa shape index (κ2) is 10.7. The Balaban J connectivity index is 0.00000306. The summed E-state index contributed by atoms with van der Waals surface area (Å²) in [6.45, 7) is 0.961. The molecule has 4 heterocycles. The number of anilines is 1. The van der Waals surface area contributed by atoms with Gasteiger partial charge in [0.25, 0.3) is 11.8 Å². The maximum absolute atomic E-state index is 13.2. The first-order valence-corrected chi connectivity index (χ1v) is 12.3. The minimum absolute atomic E-state index is 0. The summed E-state index contributed by atoms with van der Waals surface area (Å²) in [7, 11) is 0. The number of rotatable bonds is 6. The van der Waals surface area contributed by atoms with E-state index in [1.54, 1.807) is 5.38 Å². The van der Waals surface area contributed by atoms with Crippen LogP contribution in [0.15, 0.2) is 33.7 Å². The van der Waals surface area contributed by atoms with Crippen LogP contribution < -0.4 is 45.7 Å². The van der Waals surface area contributed by atoms with Gasteiger partial charge in [0.2, 0.25) is 0 Å². The number of carbonyl (C=O) groups excluding carboxylic acids is 4. The van der Waals surface area contributed by atoms with Crippen molar-refractivity contribution in [2.45, 2.75) is 18.3 Å². The summed E-state index contributed by atoms with van der Waals surface area (Å²) < 4.78 is 4.90. The van der Waals surface area contributed by atoms with E-state index >= 15 is 0 Å². The number of hydrogen-bond donors (Lipinski definition) is 2. The third-order valence-electron chi connectivity index (χ3n) is 4.91. The normalized spacial score (nSPS) is 22.8. The number of nitrogens with zero attached hydrogens (tertiary/aromatic N) is 2. The number of hydrogen-bond acceptors (Lipinski definition) is 11. The minimum atomic E-state index is -1.54. The quantitative estimate of drug-likeness (QED) is 0.170. The third kappa shape index (κ3) is 5.17. The van der Waals surface area contributed by atoms with Crippen LogP contribution >= 0.6 is 34.9 Å². The average Bonchev–Trinajstić information content (AvgIpc) is 3.42. The molecule has 1 unspecified atom stereocenters. The predicted octanol–water partition coefficient (Wildman–Crippen LogP) is -3.29. The molecule has 4 rings (SSSR count). The molecule has 0 aromatic carbocycles. The molecule has 1 aromatic rings. The van der Waals surface area contributed by atoms with E-state index in [9.17, 15) is 24.3 Å². The zero-order valence-corrected chi connectivity index (χ0v) is 22.1. The molecular formula is C19H17N4NaO6S3. The van der Waals surface area contributed by atoms with Crippen molar-refractivity contribution in [3.8, 4) is 0 Å². The van der Waals surface area contributed by atoms with E-state index < -0.39 is 35.2 Å². The SMILES string of the molecule is CC(=O)OCC1=C(C(=O)[O-])N2C(=O)C(NC(=O)/C(=C3\C=CSC3)c3csc(N)n3)[C@@H]2SC1.[Na+]. The Morgan fingerprint density at radius 2 is 2.12 bits per heavy atom. The molecule has 3 N–H and O–H groups in total. The smallest absolute Gasteiger partial charge is 0.543 e. The van der Waals surface area contributed by atoms with Crippen LogP contribution in [0, 0.1) is 0 Å². The fraction of sp³-hybridized carbons (Fsp3) is 0.316. The number of nitrogen functional groups attached to an aromatic ring is 1. The predicted molar refractivity (Wildman–Crippen MR) is 119 cm³/mol. The average molecular weight is 517 g/mol. The fourth-order valence-corrected chi connectivity index (χ4v) is 6.14. The standard InChI is InChI=1S/C19H18N4O6S3.Na/c1-8(24)29-4-10-6-31-17-13(16(26)23(17)14(10)18(27)28)22-15(25)12(9-2-3-30-5-9)11-7-32-19(20)21-11;/h2-3,7,13,17H,4-6H2,1H3,(H2,20,21)(H,22,25)(H,27,28);/q;+1/p-1/b12-9+;/t13?,17-;/m0./s1. The summed E-state index contributed by atoms with van der Waals surface area (Å²) >= 11 is 4.01. The van der Waals surface area contributed by atoms with E-state index in [1.165, 1.54) is 41.8 Å². The molecule has 2 amide bonds. The number of allylic oxidation sites excluding steroid dienone is 1. The van der Waals surface area contributed by atoms with Crippen LogP contribution in [0.3, 0.4) is 0 Å². The molecule has 14 heteroatoms. The van der Waals surface area contributed by atoms with Gasteiger partial charge in [-0.3, -0.25) is 19.3 Å². The molecule has 3 aliphatic rings. The molecule has 33 heavy (non-hydrogen) atoms. The fourth-order valence-electron chi connectivity index (χ4n) is 3.49. The number of amides is 2. The third-order valence-corrected chi connectivity index (χ3v) is 7.73. The van der Waals surface area contributed by atoms with Gasteiger partial charge in [-0.25, -0.2) is 4.98 Å². The largest absolute Gasteiger partial charge is 1.00 e. The van der Waals surface area contributed by atoms with E-state index in [0.29, 0.717) is 22.2 Å². The first-order chi connectivity index (χ1) is 15.3. The van der Waals surface area contributed by atoms with Crippen LogP contribution in [0.4, 0.5) is 5.13 Å². The number of ether oxygens (including phenoxy) is 1. The number of aromatic nitrogens is 1. The Morgan fingerprint density at radius 3 is 2.70 bits per heavy atom. The first kappa shape index (κ1) is 25.8. The van der Waals surface area contributed by atoms with Gasteiger partial charge < -0.3 is 25.7 Å². The molecule has 10 nitrogen and oxygen atoms in total. The topological polar surface area (TPSA) is 155 Å². The van der Waals surface area contributed by atoms with Crippen molar-refractivity contribution in [3.63, 3.8) is 0 Å². The van der Waals surface area contributed by atoms with Crippen molar-refractivity contribution in [2.75, 3.05) is 23.8 Å². The molecule has 1 aromatic heterocycles. The Bertz CT molecular complexity index is 1110. The summed E-state index contributed by atoms with van der Waals surface area (Å²) in [5.74, 6) is -2.36. The number of carboxylic acids is 1. The van der Waals surface area contributed by atoms with Crippen molar-refractivity contribution in [3.05, 3.63) is 39.4 Å². The Morgan fingerprint density at radius 1 is 1.36 bits per heavy atom. The van der Waals surface area contributed by atoms with Crippen molar-refractivity contribution < 1.29 is 58.6 Å². The molecular weight excluding hydrogens is 499 g/mol. The van der Waals surface area contributed by atoms with E-state index in [4.69, 9.17) is 10.5 Å². The second-order valence-corrected chi connectivity index (χ2v) is 9.85. The van der Waals surface area contributed by atoms with Crippen LogP contribution in [0.5, 0.6) is 0 Å². The van der Waals surface area contributed by atoms with Crippen LogP contribution in [-0.2, 0) is 23.9 Å². The number of carboxylic acid groups (broad SMARTS) is 1. The summed E-state index contributed by atoms with van der Waals surface area (Å²) in [5.41, 5.74) is 7.20. The van der Waals surface area contributed by atoms with Gasteiger partial charge in [-0.05, 0) is 11.0 Å². The number of aliphatic carboxylic acids is 1. The van der Waals surface area contributed by atoms with Crippen molar-refractivity contribution in [2.24, 2.45) is 0 Å². The number of thiazole rings is 1. The van der Waals surface area contributed by atoms with Gasteiger partial charge in [0.1, 0.15) is 18.0 Å². The summed E-state index contributed by atoms with van der Waals surface area (Å²) in [5, 5.41) is 17.7. The molecule has 0 aliphatic carbocycles. The summed E-state index contributed by atoms with van der Waals surface area (Å²) in [4.78, 5) is 54.0. The molecule has 0 bridgehead atoms. The first-order valence-electron chi connectivity index (χ1n) is 9.33. The monoisotopic (exact) mass is 516 g/mol. The number of nitrogens with two attached hydrogens (primary N) is 1. The van der Waals surface area contributed by atoms with Gasteiger partial charge in [0.15, 0.2) is 5.13 Å². The zero-order chi connectivity index (χ0) is 23.0. The van der Waals surface area contributed by atoms with Crippen molar-refractivity contribution in [1.82, 2.24) is 15.2 Å². The molecule has 168 valence electrons. The summed E-state index contributed by atoms with van der Waals surface area (Å²) in [6, 6.07) is -0.915. The zero-order valence-electron chi connectivity index (χ0n) is 17.7. The molecule has 2 atom stereocenters. The van der Waals surface area contributed by atoms with Crippen molar-refractivity contribution in [1.29, 1.82) is 0 Å². The van der Waals surface area contributed by atoms with Crippen LogP contribution in [0.2, 0.25) is 0 Å². The van der Waals surface area contributed by atoms with Gasteiger partial charge in [-0.2, -0.15) is 0 Å². The summed E-state index contributed by atoms with van der Waals surface area (Å²) in [6.07, 6.45) is 1.82. The number of thioether (sulfide) groups is 2. The van der Waals surface area contributed by atoms with Crippen LogP contribution in [0.25, 0.3) is 5.57 Å². The van der Waals surface area contributed by atoms with E-state index in [-0.39, 0.29) is 53.2 Å². The van der Waals surface area contributed by atoms with E-state index in [0.717, 1.165) is 10.5 Å². The van der Waals surface area contributed by atoms with Gasteiger partial charge in [-0.15, -0.1) is 34.9 Å². The second-order valence-electron chi connectivity index (χ2n) is 6.97. The maximum Gasteiger partial charge on any atom is 1.00 e. The van der Waals surface area contributed by atoms with Crippen molar-refractivity contribution >= 4 is 69.3 Å². The molecule has 0 saturated carbocycles. The van der Waals surface area contributed by atoms with E-state index in [2.05, 4.69) is 10.3 Å². The van der Waals surface area contributed by atoms with E-state index in [1.807, 2.05) is 11.5 Å². The van der Waals surface area contributed by atoms with Crippen LogP contribution in [0.1, 0.15) is 12.6 Å². The number of esters is 1. The molecule has 1 saturated heterocycles. The number of β-lactam (4-membered cyclic amide) rings is 1. The minimum Gasteiger partial charge on any atom is -0.543 e. The van der Waals surface area contributed by atoms with Gasteiger partial charge in [-0.1, -0.05) is 6.08 Å². The van der Waals surface area contributed by atoms with Gasteiger partial charge in [0.05, 0.1) is 22.9 Å². The molecule has 0 radical (unpaired) electrons. The maximum atomic E-state index is 13.2. The Labute approximate surface area is 223 Å². The number of carbonyl (C=O) groups is 4. The number of nitrogens with one attached hydrogen (secondary N) is 1.